The van der Waals surface area contributed by atoms with Gasteiger partial charge in [-0.3, -0.25) is 4.79 Å². The van der Waals surface area contributed by atoms with Crippen molar-refractivity contribution in [1.82, 2.24) is 15.1 Å². The minimum atomic E-state index is 0.111. The van der Waals surface area contributed by atoms with Gasteiger partial charge in [-0.15, -0.1) is 21.5 Å². The molecule has 112 valence electrons. The van der Waals surface area contributed by atoms with Crippen LogP contribution in [-0.4, -0.2) is 39.8 Å². The lowest BCUT2D eigenvalue weighted by Gasteiger charge is -2.15. The van der Waals surface area contributed by atoms with Gasteiger partial charge in [0.25, 0.3) is 0 Å². The lowest BCUT2D eigenvalue weighted by molar-refractivity contribution is -0.127. The Hall–Kier alpha value is -1.12. The maximum Gasteiger partial charge on any atom is 0.233 e. The fourth-order valence-electron chi connectivity index (χ4n) is 1.69. The summed E-state index contributed by atoms with van der Waals surface area (Å²) in [6, 6.07) is 4.62. The molecule has 0 saturated heterocycles. The molecule has 3 rings (SSSR count). The molecule has 0 aromatic carbocycles. The van der Waals surface area contributed by atoms with Crippen LogP contribution in [0, 0.1) is 0 Å². The van der Waals surface area contributed by atoms with Gasteiger partial charge in [0, 0.05) is 18.0 Å². The molecule has 21 heavy (non-hydrogen) atoms. The molecular formula is C13H16N4OS3. The van der Waals surface area contributed by atoms with Gasteiger partial charge in [-0.2, -0.15) is 0 Å². The van der Waals surface area contributed by atoms with Crippen LogP contribution in [0.1, 0.15) is 17.7 Å². The molecule has 8 heteroatoms. The predicted molar refractivity (Wildman–Crippen MR) is 88.1 cm³/mol. The number of carbonyl (C=O) groups is 1. The normalized spacial score (nSPS) is 14.1. The smallest absolute Gasteiger partial charge is 0.233 e. The number of hydrogen-bond donors (Lipinski definition) is 1. The number of aromatic nitrogens is 2. The SMILES string of the molecule is CN(Cc1cccs1)C(=O)CSc1nnc(NC2CC2)s1. The Kier molecular flexibility index (Phi) is 4.77. The van der Waals surface area contributed by atoms with Gasteiger partial charge in [-0.05, 0) is 24.3 Å². The molecule has 5 nitrogen and oxygen atoms in total. The molecule has 2 aromatic rings. The summed E-state index contributed by atoms with van der Waals surface area (Å²) in [5.74, 6) is 0.514. The van der Waals surface area contributed by atoms with Crippen molar-refractivity contribution in [3.8, 4) is 0 Å². The average molecular weight is 340 g/mol. The summed E-state index contributed by atoms with van der Waals surface area (Å²) in [6.45, 7) is 0.668. The first-order valence-corrected chi connectivity index (χ1v) is 9.38. The summed E-state index contributed by atoms with van der Waals surface area (Å²) in [7, 11) is 1.84. The Balaban J connectivity index is 1.45. The van der Waals surface area contributed by atoms with E-state index in [1.165, 1.54) is 40.8 Å². The number of thiophene rings is 1. The molecule has 1 amide bonds. The molecule has 0 radical (unpaired) electrons. The number of nitrogens with one attached hydrogen (secondary N) is 1. The van der Waals surface area contributed by atoms with E-state index < -0.39 is 0 Å². The Bertz CT molecular complexity index is 594. The Morgan fingerprint density at radius 2 is 2.38 bits per heavy atom. The van der Waals surface area contributed by atoms with Gasteiger partial charge in [0.15, 0.2) is 4.34 Å². The summed E-state index contributed by atoms with van der Waals surface area (Å²) in [5.41, 5.74) is 0. The zero-order chi connectivity index (χ0) is 14.7. The fourth-order valence-corrected chi connectivity index (χ4v) is 4.21. The maximum atomic E-state index is 12.1. The van der Waals surface area contributed by atoms with Crippen LogP contribution < -0.4 is 5.32 Å². The monoisotopic (exact) mass is 340 g/mol. The van der Waals surface area contributed by atoms with E-state index in [9.17, 15) is 4.79 Å². The number of amides is 1. The number of thioether (sulfide) groups is 1. The molecule has 0 spiro atoms. The highest BCUT2D eigenvalue weighted by Crippen LogP contribution is 2.30. The van der Waals surface area contributed by atoms with E-state index in [0.29, 0.717) is 18.3 Å². The molecule has 1 aliphatic carbocycles. The van der Waals surface area contributed by atoms with Crippen LogP contribution in [0.2, 0.25) is 0 Å². The van der Waals surface area contributed by atoms with Crippen LogP contribution in [0.25, 0.3) is 0 Å². The average Bonchev–Trinajstić information content (AvgIpc) is 2.95. The fraction of sp³-hybridized carbons (Fsp3) is 0.462. The third-order valence-electron chi connectivity index (χ3n) is 3.03. The summed E-state index contributed by atoms with van der Waals surface area (Å²) in [5, 5.41) is 14.4. The van der Waals surface area contributed by atoms with Crippen LogP contribution in [-0.2, 0) is 11.3 Å². The lowest BCUT2D eigenvalue weighted by atomic mass is 10.4. The van der Waals surface area contributed by atoms with E-state index in [-0.39, 0.29) is 5.91 Å². The van der Waals surface area contributed by atoms with Gasteiger partial charge in [0.1, 0.15) is 0 Å². The van der Waals surface area contributed by atoms with Crippen molar-refractivity contribution in [3.05, 3.63) is 22.4 Å². The minimum absolute atomic E-state index is 0.111. The second-order valence-electron chi connectivity index (χ2n) is 4.91. The van der Waals surface area contributed by atoms with E-state index in [0.717, 1.165) is 9.47 Å². The first kappa shape index (κ1) is 14.8. The summed E-state index contributed by atoms with van der Waals surface area (Å²) in [6.07, 6.45) is 2.43. The van der Waals surface area contributed by atoms with Gasteiger partial charge in [0.05, 0.1) is 12.3 Å². The molecule has 0 atom stereocenters. The quantitative estimate of drug-likeness (QED) is 0.785. The zero-order valence-electron chi connectivity index (χ0n) is 11.6. The molecule has 2 heterocycles. The van der Waals surface area contributed by atoms with Crippen molar-refractivity contribution in [3.63, 3.8) is 0 Å². The number of carbonyl (C=O) groups excluding carboxylic acids is 1. The number of hydrogen-bond acceptors (Lipinski definition) is 7. The predicted octanol–water partition coefficient (Wildman–Crippen LogP) is 2.92. The van der Waals surface area contributed by atoms with Crippen molar-refractivity contribution >= 4 is 45.5 Å². The molecule has 0 bridgehead atoms. The Morgan fingerprint density at radius 3 is 3.10 bits per heavy atom. The van der Waals surface area contributed by atoms with Gasteiger partial charge in [-0.25, -0.2) is 0 Å². The highest BCUT2D eigenvalue weighted by Gasteiger charge is 2.22. The van der Waals surface area contributed by atoms with Crippen LogP contribution in [0.4, 0.5) is 5.13 Å². The van der Waals surface area contributed by atoms with Gasteiger partial charge in [0.2, 0.25) is 11.0 Å². The first-order chi connectivity index (χ1) is 10.2. The van der Waals surface area contributed by atoms with Crippen molar-refractivity contribution in [2.45, 2.75) is 29.8 Å². The minimum Gasteiger partial charge on any atom is -0.357 e. The van der Waals surface area contributed by atoms with Crippen molar-refractivity contribution < 1.29 is 4.79 Å². The van der Waals surface area contributed by atoms with Crippen LogP contribution in [0.15, 0.2) is 21.9 Å². The van der Waals surface area contributed by atoms with Crippen LogP contribution >= 0.6 is 34.4 Å². The van der Waals surface area contributed by atoms with E-state index in [1.54, 1.807) is 16.2 Å². The third kappa shape index (κ3) is 4.42. The highest BCUT2D eigenvalue weighted by atomic mass is 32.2. The molecule has 1 fully saturated rings. The number of rotatable bonds is 7. The van der Waals surface area contributed by atoms with Gasteiger partial charge < -0.3 is 10.2 Å². The van der Waals surface area contributed by atoms with Gasteiger partial charge in [-0.1, -0.05) is 29.2 Å². The molecule has 0 unspecified atom stereocenters. The second kappa shape index (κ2) is 6.76. The highest BCUT2D eigenvalue weighted by molar-refractivity contribution is 8.01. The zero-order valence-corrected chi connectivity index (χ0v) is 14.1. The summed E-state index contributed by atoms with van der Waals surface area (Å²) in [4.78, 5) is 15.0. The maximum absolute atomic E-state index is 12.1. The molecule has 1 saturated carbocycles. The van der Waals surface area contributed by atoms with E-state index in [2.05, 4.69) is 15.5 Å². The molecule has 1 aliphatic rings. The van der Waals surface area contributed by atoms with Crippen molar-refractivity contribution in [2.24, 2.45) is 0 Å². The molecule has 1 N–H and O–H groups in total. The number of nitrogens with zero attached hydrogens (tertiary/aromatic N) is 3. The van der Waals surface area contributed by atoms with Crippen molar-refractivity contribution in [1.29, 1.82) is 0 Å². The Morgan fingerprint density at radius 1 is 1.52 bits per heavy atom. The van der Waals surface area contributed by atoms with Crippen LogP contribution in [0.5, 0.6) is 0 Å². The molecular weight excluding hydrogens is 324 g/mol. The largest absolute Gasteiger partial charge is 0.357 e. The second-order valence-corrected chi connectivity index (χ2v) is 8.14. The summed E-state index contributed by atoms with van der Waals surface area (Å²) >= 11 is 4.64. The summed E-state index contributed by atoms with van der Waals surface area (Å²) < 4.78 is 0.844. The first-order valence-electron chi connectivity index (χ1n) is 6.70. The lowest BCUT2D eigenvalue weighted by Crippen LogP contribution is -2.27. The van der Waals surface area contributed by atoms with E-state index in [4.69, 9.17) is 0 Å². The topological polar surface area (TPSA) is 58.1 Å². The van der Waals surface area contributed by atoms with Crippen molar-refractivity contribution in [2.75, 3.05) is 18.1 Å². The Labute approximate surface area is 135 Å². The molecule has 0 aliphatic heterocycles. The third-order valence-corrected chi connectivity index (χ3v) is 5.86. The van der Waals surface area contributed by atoms with Crippen LogP contribution in [0.3, 0.4) is 0 Å². The molecule has 2 aromatic heterocycles. The van der Waals surface area contributed by atoms with Gasteiger partial charge >= 0.3 is 0 Å². The van der Waals surface area contributed by atoms with E-state index in [1.807, 2.05) is 24.6 Å². The number of anilines is 1. The standard InChI is InChI=1S/C13H16N4OS3/c1-17(7-10-3-2-6-19-10)11(18)8-20-13-16-15-12(21-13)14-9-4-5-9/h2-3,6,9H,4-5,7-8H2,1H3,(H,14,15). The van der Waals surface area contributed by atoms with E-state index >= 15 is 0 Å².